The molecule has 1 aromatic rings. The van der Waals surface area contributed by atoms with E-state index in [0.29, 0.717) is 16.7 Å². The van der Waals surface area contributed by atoms with Crippen molar-refractivity contribution < 1.29 is 4.74 Å². The third kappa shape index (κ3) is 4.80. The Morgan fingerprint density at radius 2 is 2.12 bits per heavy atom. The highest BCUT2D eigenvalue weighted by Gasteiger charge is 2.16. The van der Waals surface area contributed by atoms with Gasteiger partial charge in [-0.1, -0.05) is 30.1 Å². The van der Waals surface area contributed by atoms with Gasteiger partial charge in [0.2, 0.25) is 0 Å². The fourth-order valence-electron chi connectivity index (χ4n) is 1.45. The van der Waals surface area contributed by atoms with Gasteiger partial charge in [0, 0.05) is 6.20 Å². The Balaban J connectivity index is 2.81. The van der Waals surface area contributed by atoms with Gasteiger partial charge in [-0.3, -0.25) is 4.98 Å². The highest BCUT2D eigenvalue weighted by atomic mass is 35.5. The normalized spacial score (nSPS) is 13.1. The van der Waals surface area contributed by atoms with Crippen LogP contribution in [0.15, 0.2) is 12.3 Å². The Morgan fingerprint density at radius 3 is 2.65 bits per heavy atom. The van der Waals surface area contributed by atoms with Crippen molar-refractivity contribution in [2.45, 2.75) is 32.9 Å². The van der Waals surface area contributed by atoms with E-state index < -0.39 is 0 Å². The van der Waals surface area contributed by atoms with Gasteiger partial charge in [0.25, 0.3) is 0 Å². The molecular weight excluding hydrogens is 259 g/mol. The van der Waals surface area contributed by atoms with Gasteiger partial charge in [-0.05, 0) is 26.5 Å². The molecule has 0 bridgehead atoms. The van der Waals surface area contributed by atoms with Crippen molar-refractivity contribution in [3.8, 4) is 0 Å². The molecule has 0 spiro atoms. The van der Waals surface area contributed by atoms with E-state index in [1.165, 1.54) is 0 Å². The Labute approximate surface area is 112 Å². The molecule has 1 N–H and O–H groups in total. The highest BCUT2D eigenvalue weighted by Crippen LogP contribution is 2.24. The zero-order chi connectivity index (χ0) is 12.8. The molecule has 1 rings (SSSR count). The predicted octanol–water partition coefficient (Wildman–Crippen LogP) is 3.46. The number of nitrogens with zero attached hydrogens (tertiary/aromatic N) is 1. The number of aromatic nitrogens is 1. The third-order valence-electron chi connectivity index (χ3n) is 2.21. The van der Waals surface area contributed by atoms with Gasteiger partial charge in [-0.15, -0.1) is 0 Å². The molecule has 0 saturated carbocycles. The van der Waals surface area contributed by atoms with Gasteiger partial charge in [-0.25, -0.2) is 0 Å². The molecule has 96 valence electrons. The van der Waals surface area contributed by atoms with Crippen molar-refractivity contribution in [3.05, 3.63) is 28.0 Å². The summed E-state index contributed by atoms with van der Waals surface area (Å²) in [6.07, 6.45) is 1.78. The summed E-state index contributed by atoms with van der Waals surface area (Å²) in [5.74, 6) is 0. The highest BCUT2D eigenvalue weighted by molar-refractivity contribution is 6.34. The average Bonchev–Trinajstić information content (AvgIpc) is 2.24. The Hall–Kier alpha value is -0.350. The lowest BCUT2D eigenvalue weighted by atomic mass is 10.2. The van der Waals surface area contributed by atoms with Crippen molar-refractivity contribution in [2.75, 3.05) is 13.2 Å². The van der Waals surface area contributed by atoms with E-state index >= 15 is 0 Å². The van der Waals surface area contributed by atoms with Gasteiger partial charge in [0.15, 0.2) is 0 Å². The maximum atomic E-state index is 6.13. The van der Waals surface area contributed by atoms with Gasteiger partial charge in [0.05, 0.1) is 34.5 Å². The second kappa shape index (κ2) is 7.17. The van der Waals surface area contributed by atoms with Crippen LogP contribution in [0.1, 0.15) is 32.5 Å². The van der Waals surface area contributed by atoms with Crippen LogP contribution in [-0.4, -0.2) is 24.2 Å². The topological polar surface area (TPSA) is 34.1 Å². The van der Waals surface area contributed by atoms with Crippen LogP contribution in [0.3, 0.4) is 0 Å². The van der Waals surface area contributed by atoms with Crippen LogP contribution in [-0.2, 0) is 4.74 Å². The summed E-state index contributed by atoms with van der Waals surface area (Å²) >= 11 is 12.0. The minimum Gasteiger partial charge on any atom is -0.377 e. The largest absolute Gasteiger partial charge is 0.377 e. The summed E-state index contributed by atoms with van der Waals surface area (Å²) < 4.78 is 5.60. The molecule has 1 unspecified atom stereocenters. The molecule has 0 fully saturated rings. The number of hydrogen-bond acceptors (Lipinski definition) is 3. The molecule has 0 amide bonds. The molecule has 0 saturated heterocycles. The minimum atomic E-state index is -0.00725. The molecule has 5 heteroatoms. The quantitative estimate of drug-likeness (QED) is 0.864. The summed E-state index contributed by atoms with van der Waals surface area (Å²) in [4.78, 5) is 4.27. The van der Waals surface area contributed by atoms with Gasteiger partial charge in [-0.2, -0.15) is 0 Å². The molecule has 1 atom stereocenters. The first-order valence-electron chi connectivity index (χ1n) is 5.70. The molecule has 1 aromatic heterocycles. The molecule has 17 heavy (non-hydrogen) atoms. The van der Waals surface area contributed by atoms with E-state index in [9.17, 15) is 0 Å². The summed E-state index contributed by atoms with van der Waals surface area (Å²) in [5.41, 5.74) is 0.776. The van der Waals surface area contributed by atoms with Crippen LogP contribution in [0.5, 0.6) is 0 Å². The molecule has 3 nitrogen and oxygen atoms in total. The first-order chi connectivity index (χ1) is 8.04. The van der Waals surface area contributed by atoms with Gasteiger partial charge in [0.1, 0.15) is 0 Å². The number of pyridine rings is 1. The van der Waals surface area contributed by atoms with Crippen LogP contribution in [0.25, 0.3) is 0 Å². The maximum Gasteiger partial charge on any atom is 0.0783 e. The molecule has 0 aliphatic heterocycles. The van der Waals surface area contributed by atoms with E-state index in [-0.39, 0.29) is 12.1 Å². The average molecular weight is 277 g/mol. The molecule has 0 aliphatic rings. The van der Waals surface area contributed by atoms with Crippen LogP contribution in [0.2, 0.25) is 10.0 Å². The summed E-state index contributed by atoms with van der Waals surface area (Å²) in [5, 5.41) is 4.41. The van der Waals surface area contributed by atoms with Crippen molar-refractivity contribution in [1.82, 2.24) is 10.3 Å². The van der Waals surface area contributed by atoms with Crippen LogP contribution >= 0.6 is 23.2 Å². The van der Waals surface area contributed by atoms with E-state index in [1.807, 2.05) is 20.8 Å². The van der Waals surface area contributed by atoms with Gasteiger partial charge < -0.3 is 10.1 Å². The standard InChI is InChI=1S/C12H18Cl2N2O/c1-4-15-11(7-17-8(2)3)12-10(14)5-9(13)6-16-12/h5-6,8,11,15H,4,7H2,1-3H3. The van der Waals surface area contributed by atoms with E-state index in [0.717, 1.165) is 12.2 Å². The van der Waals surface area contributed by atoms with E-state index in [4.69, 9.17) is 27.9 Å². The number of rotatable bonds is 6. The van der Waals surface area contributed by atoms with Crippen molar-refractivity contribution >= 4 is 23.2 Å². The molecular formula is C12H18Cl2N2O. The number of ether oxygens (including phenoxy) is 1. The predicted molar refractivity (Wildman–Crippen MR) is 71.8 cm³/mol. The van der Waals surface area contributed by atoms with Crippen molar-refractivity contribution in [3.63, 3.8) is 0 Å². The summed E-state index contributed by atoms with van der Waals surface area (Å²) in [7, 11) is 0. The number of likely N-dealkylation sites (N-methyl/N-ethyl adjacent to an activating group) is 1. The molecule has 1 heterocycles. The minimum absolute atomic E-state index is 0.00725. The Bertz CT molecular complexity index is 358. The second-order valence-corrected chi connectivity index (χ2v) is 4.86. The Kier molecular flexibility index (Phi) is 6.20. The Morgan fingerprint density at radius 1 is 1.41 bits per heavy atom. The number of nitrogens with one attached hydrogen (secondary N) is 1. The lowest BCUT2D eigenvalue weighted by Gasteiger charge is -2.20. The fraction of sp³-hybridized carbons (Fsp3) is 0.583. The smallest absolute Gasteiger partial charge is 0.0783 e. The zero-order valence-corrected chi connectivity index (χ0v) is 11.8. The number of halogens is 2. The van der Waals surface area contributed by atoms with Crippen molar-refractivity contribution in [1.29, 1.82) is 0 Å². The number of hydrogen-bond donors (Lipinski definition) is 1. The van der Waals surface area contributed by atoms with E-state index in [2.05, 4.69) is 10.3 Å². The molecule has 0 aromatic carbocycles. The van der Waals surface area contributed by atoms with Crippen LogP contribution in [0, 0.1) is 0 Å². The maximum absolute atomic E-state index is 6.13. The second-order valence-electron chi connectivity index (χ2n) is 4.01. The lowest BCUT2D eigenvalue weighted by Crippen LogP contribution is -2.27. The lowest BCUT2D eigenvalue weighted by molar-refractivity contribution is 0.0606. The summed E-state index contributed by atoms with van der Waals surface area (Å²) in [6, 6.07) is 1.69. The van der Waals surface area contributed by atoms with E-state index in [1.54, 1.807) is 12.3 Å². The van der Waals surface area contributed by atoms with Crippen LogP contribution < -0.4 is 5.32 Å². The summed E-state index contributed by atoms with van der Waals surface area (Å²) in [6.45, 7) is 7.40. The monoisotopic (exact) mass is 276 g/mol. The first kappa shape index (κ1) is 14.7. The molecule has 0 aliphatic carbocycles. The fourth-order valence-corrected chi connectivity index (χ4v) is 1.96. The van der Waals surface area contributed by atoms with Crippen LogP contribution in [0.4, 0.5) is 0 Å². The molecule has 0 radical (unpaired) electrons. The SMILES string of the molecule is CCNC(COC(C)C)c1ncc(Cl)cc1Cl. The third-order valence-corrected chi connectivity index (χ3v) is 2.72. The first-order valence-corrected chi connectivity index (χ1v) is 6.46. The van der Waals surface area contributed by atoms with Crippen molar-refractivity contribution in [2.24, 2.45) is 0 Å². The zero-order valence-electron chi connectivity index (χ0n) is 10.3. The van der Waals surface area contributed by atoms with Gasteiger partial charge >= 0.3 is 0 Å².